The summed E-state index contributed by atoms with van der Waals surface area (Å²) >= 11 is 0. The molecule has 1 aromatic carbocycles. The van der Waals surface area contributed by atoms with Crippen molar-refractivity contribution in [1.82, 2.24) is 19.1 Å². The Morgan fingerprint density at radius 3 is 2.07 bits per heavy atom. The van der Waals surface area contributed by atoms with Crippen molar-refractivity contribution in [2.24, 2.45) is 0 Å². The van der Waals surface area contributed by atoms with Gasteiger partial charge >= 0.3 is 6.03 Å². The topological polar surface area (TPSA) is 77.1 Å². The number of piperazine rings is 2. The van der Waals surface area contributed by atoms with Crippen LogP contribution in [0.25, 0.3) is 0 Å². The van der Waals surface area contributed by atoms with E-state index in [0.29, 0.717) is 45.0 Å². The van der Waals surface area contributed by atoms with Crippen LogP contribution in [0.2, 0.25) is 0 Å². The first-order valence-electron chi connectivity index (χ1n) is 9.90. The van der Waals surface area contributed by atoms with Gasteiger partial charge in [0.2, 0.25) is 10.0 Å². The van der Waals surface area contributed by atoms with Crippen LogP contribution in [-0.2, 0) is 10.0 Å². The molecular weight excluding hydrogens is 409 g/mol. The van der Waals surface area contributed by atoms with Gasteiger partial charge < -0.3 is 14.7 Å². The van der Waals surface area contributed by atoms with Crippen molar-refractivity contribution in [2.75, 3.05) is 57.3 Å². The molecule has 0 bridgehead atoms. The number of aromatic nitrogens is 1. The normalized spacial score (nSPS) is 18.5. The zero-order valence-corrected chi connectivity index (χ0v) is 17.3. The summed E-state index contributed by atoms with van der Waals surface area (Å²) in [5.41, 5.74) is 0.497. The Labute approximate surface area is 175 Å². The number of amides is 2. The number of hydrogen-bond donors (Lipinski definition) is 0. The molecule has 1 aromatic heterocycles. The molecule has 2 fully saturated rings. The number of nitrogens with zero attached hydrogens (tertiary/aromatic N) is 5. The molecule has 2 aromatic rings. The van der Waals surface area contributed by atoms with Crippen LogP contribution in [0.5, 0.6) is 0 Å². The van der Waals surface area contributed by atoms with E-state index in [1.165, 1.54) is 10.5 Å². The van der Waals surface area contributed by atoms with Crippen LogP contribution in [-0.4, -0.2) is 85.9 Å². The fourth-order valence-electron chi connectivity index (χ4n) is 3.82. The van der Waals surface area contributed by atoms with Crippen molar-refractivity contribution >= 4 is 21.7 Å². The molecule has 10 heteroatoms. The molecule has 2 saturated heterocycles. The van der Waals surface area contributed by atoms with Crippen LogP contribution < -0.4 is 4.90 Å². The van der Waals surface area contributed by atoms with E-state index in [9.17, 15) is 17.6 Å². The first-order valence-corrected chi connectivity index (χ1v) is 11.3. The van der Waals surface area contributed by atoms with Gasteiger partial charge in [-0.1, -0.05) is 18.2 Å². The Kier molecular flexibility index (Phi) is 5.87. The van der Waals surface area contributed by atoms with Crippen molar-refractivity contribution in [3.8, 4) is 0 Å². The quantitative estimate of drug-likeness (QED) is 0.733. The van der Waals surface area contributed by atoms with Crippen LogP contribution in [0.1, 0.15) is 0 Å². The highest BCUT2D eigenvalue weighted by Crippen LogP contribution is 2.21. The average Bonchev–Trinajstić information content (AvgIpc) is 2.80. The SMILES string of the molecule is O=C(N1CCN(c2ccncc2F)CC1)N1CCN(S(=O)(=O)c2ccccc2)CC1. The second-order valence-electron chi connectivity index (χ2n) is 7.29. The van der Waals surface area contributed by atoms with Gasteiger partial charge in [-0.05, 0) is 18.2 Å². The molecule has 8 nitrogen and oxygen atoms in total. The fourth-order valence-corrected chi connectivity index (χ4v) is 5.27. The average molecular weight is 434 g/mol. The van der Waals surface area contributed by atoms with Crippen LogP contribution in [0.3, 0.4) is 0 Å². The number of hydrogen-bond acceptors (Lipinski definition) is 5. The number of benzene rings is 1. The Morgan fingerprint density at radius 2 is 1.47 bits per heavy atom. The minimum absolute atomic E-state index is 0.0957. The maximum Gasteiger partial charge on any atom is 0.320 e. The van der Waals surface area contributed by atoms with Crippen LogP contribution in [0, 0.1) is 5.82 Å². The first kappa shape index (κ1) is 20.5. The van der Waals surface area contributed by atoms with Crippen molar-refractivity contribution in [1.29, 1.82) is 0 Å². The van der Waals surface area contributed by atoms with Gasteiger partial charge in [-0.2, -0.15) is 4.31 Å². The standard InChI is InChI=1S/C20H24FN5O3S/c21-18-16-22-7-6-19(18)23-8-10-24(11-9-23)20(27)25-12-14-26(15-13-25)30(28,29)17-4-2-1-3-5-17/h1-7,16H,8-15H2. The summed E-state index contributed by atoms with van der Waals surface area (Å²) in [4.78, 5) is 22.3. The highest BCUT2D eigenvalue weighted by Gasteiger charge is 2.32. The van der Waals surface area contributed by atoms with Crippen molar-refractivity contribution in [3.63, 3.8) is 0 Å². The van der Waals surface area contributed by atoms with Gasteiger partial charge in [0.15, 0.2) is 5.82 Å². The number of halogens is 1. The van der Waals surface area contributed by atoms with E-state index in [0.717, 1.165) is 0 Å². The summed E-state index contributed by atoms with van der Waals surface area (Å²) in [6.45, 7) is 3.29. The molecule has 0 spiro atoms. The number of carbonyl (C=O) groups is 1. The van der Waals surface area contributed by atoms with Gasteiger partial charge in [-0.3, -0.25) is 4.98 Å². The number of anilines is 1. The summed E-state index contributed by atoms with van der Waals surface area (Å²) < 4.78 is 40.8. The predicted octanol–water partition coefficient (Wildman–Crippen LogP) is 1.47. The van der Waals surface area contributed by atoms with Gasteiger partial charge in [0.25, 0.3) is 0 Å². The van der Waals surface area contributed by atoms with Crippen LogP contribution in [0.15, 0.2) is 53.7 Å². The number of urea groups is 1. The molecule has 0 unspecified atom stereocenters. The van der Waals surface area contributed by atoms with Gasteiger partial charge in [-0.25, -0.2) is 17.6 Å². The number of carbonyl (C=O) groups excluding carboxylic acids is 1. The third-order valence-corrected chi connectivity index (χ3v) is 7.44. The Bertz CT molecular complexity index is 989. The van der Waals surface area contributed by atoms with Gasteiger partial charge in [0.1, 0.15) is 0 Å². The molecule has 30 heavy (non-hydrogen) atoms. The lowest BCUT2D eigenvalue weighted by atomic mass is 10.2. The van der Waals surface area contributed by atoms with E-state index in [4.69, 9.17) is 0 Å². The highest BCUT2D eigenvalue weighted by molar-refractivity contribution is 7.89. The molecule has 2 amide bonds. The maximum absolute atomic E-state index is 13.9. The molecule has 0 radical (unpaired) electrons. The minimum Gasteiger partial charge on any atom is -0.366 e. The molecule has 160 valence electrons. The minimum atomic E-state index is -3.54. The Hall–Kier alpha value is -2.72. The lowest BCUT2D eigenvalue weighted by Gasteiger charge is -2.40. The molecule has 2 aliphatic rings. The summed E-state index contributed by atoms with van der Waals surface area (Å²) in [5.74, 6) is -0.368. The summed E-state index contributed by atoms with van der Waals surface area (Å²) in [5, 5.41) is 0. The van der Waals surface area contributed by atoms with E-state index >= 15 is 0 Å². The number of rotatable bonds is 3. The Balaban J connectivity index is 1.32. The van der Waals surface area contributed by atoms with Crippen molar-refractivity contribution in [3.05, 3.63) is 54.6 Å². The number of sulfonamides is 1. The molecule has 0 aliphatic carbocycles. The molecular formula is C20H24FN5O3S. The molecule has 4 rings (SSSR count). The molecule has 2 aliphatic heterocycles. The third-order valence-electron chi connectivity index (χ3n) is 5.53. The van der Waals surface area contributed by atoms with Gasteiger partial charge in [-0.15, -0.1) is 0 Å². The summed E-state index contributed by atoms with van der Waals surface area (Å²) in [7, 11) is -3.54. The predicted molar refractivity (Wildman–Crippen MR) is 110 cm³/mol. The lowest BCUT2D eigenvalue weighted by molar-refractivity contribution is 0.132. The maximum atomic E-state index is 13.9. The molecule has 0 atom stereocenters. The van der Waals surface area contributed by atoms with Gasteiger partial charge in [0.05, 0.1) is 16.8 Å². The molecule has 0 N–H and O–H groups in total. The summed E-state index contributed by atoms with van der Waals surface area (Å²) in [6, 6.07) is 9.88. The van der Waals surface area contributed by atoms with Crippen molar-refractivity contribution in [2.45, 2.75) is 4.90 Å². The highest BCUT2D eigenvalue weighted by atomic mass is 32.2. The second kappa shape index (κ2) is 8.57. The molecule has 3 heterocycles. The van der Waals surface area contributed by atoms with Crippen LogP contribution >= 0.6 is 0 Å². The van der Waals surface area contributed by atoms with E-state index in [2.05, 4.69) is 4.98 Å². The largest absolute Gasteiger partial charge is 0.366 e. The van der Waals surface area contributed by atoms with E-state index in [-0.39, 0.29) is 29.8 Å². The van der Waals surface area contributed by atoms with Gasteiger partial charge in [0, 0.05) is 58.6 Å². The first-order chi connectivity index (χ1) is 14.5. The van der Waals surface area contributed by atoms with E-state index < -0.39 is 10.0 Å². The fraction of sp³-hybridized carbons (Fsp3) is 0.400. The van der Waals surface area contributed by atoms with Crippen LogP contribution in [0.4, 0.5) is 14.9 Å². The zero-order chi connectivity index (χ0) is 21.1. The van der Waals surface area contributed by atoms with E-state index in [1.807, 2.05) is 4.90 Å². The smallest absolute Gasteiger partial charge is 0.320 e. The monoisotopic (exact) mass is 433 g/mol. The second-order valence-corrected chi connectivity index (χ2v) is 9.23. The molecule has 0 saturated carbocycles. The third kappa shape index (κ3) is 4.10. The Morgan fingerprint density at radius 1 is 0.867 bits per heavy atom. The van der Waals surface area contributed by atoms with Crippen molar-refractivity contribution < 1.29 is 17.6 Å². The number of pyridine rings is 1. The lowest BCUT2D eigenvalue weighted by Crippen LogP contribution is -2.57. The zero-order valence-electron chi connectivity index (χ0n) is 16.5. The van der Waals surface area contributed by atoms with E-state index in [1.54, 1.807) is 52.4 Å². The summed E-state index contributed by atoms with van der Waals surface area (Å²) in [6.07, 6.45) is 2.74.